The van der Waals surface area contributed by atoms with Crippen molar-refractivity contribution in [1.29, 1.82) is 0 Å². The molecule has 0 saturated carbocycles. The summed E-state index contributed by atoms with van der Waals surface area (Å²) in [5.41, 5.74) is 0.865. The molecule has 0 bridgehead atoms. The van der Waals surface area contributed by atoms with E-state index >= 15 is 0 Å². The molecule has 0 radical (unpaired) electrons. The summed E-state index contributed by atoms with van der Waals surface area (Å²) in [6.07, 6.45) is 0. The molecule has 6 nitrogen and oxygen atoms in total. The number of carbonyl (C=O) groups is 1. The van der Waals surface area contributed by atoms with Crippen LogP contribution in [0.25, 0.3) is 0 Å². The Bertz CT molecular complexity index is 777. The number of halogens is 1. The minimum Gasteiger partial charge on any atom is -0.506 e. The molecule has 0 aliphatic carbocycles. The summed E-state index contributed by atoms with van der Waals surface area (Å²) < 4.78 is 5.66. The molecular formula is C21H27ClN3O3+. The summed E-state index contributed by atoms with van der Waals surface area (Å²) in [6.45, 7) is 4.85. The zero-order chi connectivity index (χ0) is 19.9. The predicted molar refractivity (Wildman–Crippen MR) is 110 cm³/mol. The van der Waals surface area contributed by atoms with Crippen LogP contribution in [0.15, 0.2) is 48.5 Å². The number of phenolic OH excluding ortho intramolecular Hbond substituents is 1. The fourth-order valence-corrected chi connectivity index (χ4v) is 3.40. The van der Waals surface area contributed by atoms with E-state index in [0.29, 0.717) is 30.5 Å². The largest absolute Gasteiger partial charge is 0.506 e. The lowest BCUT2D eigenvalue weighted by molar-refractivity contribution is -0.892. The Morgan fingerprint density at radius 3 is 2.54 bits per heavy atom. The maximum absolute atomic E-state index is 12.5. The highest BCUT2D eigenvalue weighted by molar-refractivity contribution is 6.30. The molecule has 3 rings (SSSR count). The first-order valence-electron chi connectivity index (χ1n) is 9.52. The summed E-state index contributed by atoms with van der Waals surface area (Å²) in [7, 11) is 1.81. The molecule has 0 spiro atoms. The number of hydrogen-bond acceptors (Lipinski definition) is 4. The number of aromatic hydroxyl groups is 1. The first-order chi connectivity index (χ1) is 13.5. The summed E-state index contributed by atoms with van der Waals surface area (Å²) in [6, 6.07) is 14.6. The zero-order valence-corrected chi connectivity index (χ0v) is 16.9. The molecule has 2 aromatic rings. The minimum atomic E-state index is 0.116. The van der Waals surface area contributed by atoms with E-state index in [2.05, 4.69) is 4.90 Å². The number of rotatable bonds is 7. The smallest absolute Gasteiger partial charge is 0.277 e. The lowest BCUT2D eigenvalue weighted by Crippen LogP contribution is -3.15. The van der Waals surface area contributed by atoms with Gasteiger partial charge in [0.2, 0.25) is 0 Å². The number of nitrogens with one attached hydrogen (secondary N) is 1. The molecule has 1 aliphatic heterocycles. The van der Waals surface area contributed by atoms with Crippen molar-refractivity contribution in [2.75, 3.05) is 57.8 Å². The molecule has 0 atom stereocenters. The number of quaternary nitrogens is 1. The number of hydrogen-bond donors (Lipinski definition) is 2. The topological polar surface area (TPSA) is 57.5 Å². The van der Waals surface area contributed by atoms with Crippen molar-refractivity contribution < 1.29 is 19.5 Å². The number of carbonyl (C=O) groups excluding carboxylic acids is 1. The molecule has 150 valence electrons. The van der Waals surface area contributed by atoms with Gasteiger partial charge in [0.25, 0.3) is 5.91 Å². The van der Waals surface area contributed by atoms with Crippen molar-refractivity contribution in [3.63, 3.8) is 0 Å². The van der Waals surface area contributed by atoms with E-state index in [0.717, 1.165) is 37.6 Å². The Hall–Kier alpha value is -2.44. The number of nitrogens with zero attached hydrogens (tertiary/aromatic N) is 2. The lowest BCUT2D eigenvalue weighted by atomic mass is 10.2. The molecule has 1 heterocycles. The number of anilines is 1. The fourth-order valence-electron chi connectivity index (χ4n) is 3.28. The van der Waals surface area contributed by atoms with Crippen LogP contribution in [0.1, 0.15) is 0 Å². The van der Waals surface area contributed by atoms with Gasteiger partial charge in [-0.05, 0) is 36.4 Å². The van der Waals surface area contributed by atoms with Crippen LogP contribution in [0.3, 0.4) is 0 Å². The normalized spacial score (nSPS) is 14.7. The second-order valence-electron chi connectivity index (χ2n) is 7.02. The number of piperazine rings is 1. The van der Waals surface area contributed by atoms with Gasteiger partial charge in [0, 0.05) is 12.1 Å². The van der Waals surface area contributed by atoms with Crippen LogP contribution in [0.5, 0.6) is 11.5 Å². The molecule has 2 aromatic carbocycles. The SMILES string of the molecule is CN(CCOc1ccc(Cl)cc1)C(=O)C[NH+]1CCN(c2ccccc2O)CC1. The first kappa shape index (κ1) is 20.3. The van der Waals surface area contributed by atoms with E-state index in [9.17, 15) is 9.90 Å². The van der Waals surface area contributed by atoms with Gasteiger partial charge in [-0.25, -0.2) is 0 Å². The number of ether oxygens (including phenoxy) is 1. The van der Waals surface area contributed by atoms with Crippen molar-refractivity contribution in [3.05, 3.63) is 53.6 Å². The van der Waals surface area contributed by atoms with Gasteiger partial charge in [-0.1, -0.05) is 23.7 Å². The van der Waals surface area contributed by atoms with Crippen molar-refractivity contribution in [2.24, 2.45) is 0 Å². The van der Waals surface area contributed by atoms with Crippen LogP contribution >= 0.6 is 11.6 Å². The third kappa shape index (κ3) is 5.53. The van der Waals surface area contributed by atoms with E-state index in [4.69, 9.17) is 16.3 Å². The Balaban J connectivity index is 1.39. The van der Waals surface area contributed by atoms with Crippen LogP contribution in [-0.2, 0) is 4.79 Å². The number of phenols is 1. The highest BCUT2D eigenvalue weighted by atomic mass is 35.5. The summed E-state index contributed by atoms with van der Waals surface area (Å²) in [5.74, 6) is 1.17. The Morgan fingerprint density at radius 1 is 1.18 bits per heavy atom. The molecule has 0 aromatic heterocycles. The minimum absolute atomic E-state index is 0.116. The highest BCUT2D eigenvalue weighted by Crippen LogP contribution is 2.25. The van der Waals surface area contributed by atoms with E-state index < -0.39 is 0 Å². The number of para-hydroxylation sites is 2. The average Bonchev–Trinajstić information content (AvgIpc) is 2.70. The van der Waals surface area contributed by atoms with Gasteiger partial charge in [0.1, 0.15) is 18.1 Å². The summed E-state index contributed by atoms with van der Waals surface area (Å²) >= 11 is 5.86. The first-order valence-corrected chi connectivity index (χ1v) is 9.89. The van der Waals surface area contributed by atoms with E-state index in [-0.39, 0.29) is 5.91 Å². The van der Waals surface area contributed by atoms with Crippen LogP contribution in [-0.4, -0.2) is 68.8 Å². The Morgan fingerprint density at radius 2 is 1.86 bits per heavy atom. The number of benzene rings is 2. The molecule has 28 heavy (non-hydrogen) atoms. The molecule has 1 amide bonds. The fraction of sp³-hybridized carbons (Fsp3) is 0.381. The Kier molecular flexibility index (Phi) is 7.01. The van der Waals surface area contributed by atoms with Gasteiger partial charge >= 0.3 is 0 Å². The molecular weight excluding hydrogens is 378 g/mol. The van der Waals surface area contributed by atoms with Crippen LogP contribution in [0.4, 0.5) is 5.69 Å². The standard InChI is InChI=1S/C21H26ClN3O3/c1-23(14-15-28-18-8-6-17(22)7-9-18)21(27)16-24-10-12-25(13-11-24)19-4-2-3-5-20(19)26/h2-9,26H,10-16H2,1H3/p+1. The highest BCUT2D eigenvalue weighted by Gasteiger charge is 2.24. The van der Waals surface area contributed by atoms with E-state index in [1.54, 1.807) is 23.1 Å². The van der Waals surface area contributed by atoms with Crippen molar-refractivity contribution in [1.82, 2.24) is 4.90 Å². The van der Waals surface area contributed by atoms with Gasteiger partial charge in [-0.15, -0.1) is 0 Å². The molecule has 1 aliphatic rings. The lowest BCUT2D eigenvalue weighted by Gasteiger charge is -2.34. The second-order valence-corrected chi connectivity index (χ2v) is 7.46. The van der Waals surface area contributed by atoms with E-state index in [1.165, 1.54) is 4.90 Å². The van der Waals surface area contributed by atoms with Crippen LogP contribution < -0.4 is 14.5 Å². The molecule has 2 N–H and O–H groups in total. The summed E-state index contributed by atoms with van der Waals surface area (Å²) in [5, 5.41) is 10.7. The van der Waals surface area contributed by atoms with Gasteiger partial charge < -0.3 is 24.5 Å². The maximum atomic E-state index is 12.5. The molecule has 1 saturated heterocycles. The van der Waals surface area contributed by atoms with Crippen molar-refractivity contribution in [2.45, 2.75) is 0 Å². The summed E-state index contributed by atoms with van der Waals surface area (Å²) in [4.78, 5) is 17.6. The number of likely N-dealkylation sites (N-methyl/N-ethyl adjacent to an activating group) is 1. The maximum Gasteiger partial charge on any atom is 0.277 e. The number of amides is 1. The van der Waals surface area contributed by atoms with E-state index in [1.807, 2.05) is 37.4 Å². The van der Waals surface area contributed by atoms with Crippen LogP contribution in [0.2, 0.25) is 5.02 Å². The second kappa shape index (κ2) is 9.66. The van der Waals surface area contributed by atoms with Gasteiger partial charge in [0.15, 0.2) is 6.54 Å². The average molecular weight is 405 g/mol. The molecule has 7 heteroatoms. The van der Waals surface area contributed by atoms with Gasteiger partial charge in [-0.2, -0.15) is 0 Å². The molecule has 0 unspecified atom stereocenters. The van der Waals surface area contributed by atoms with Crippen molar-refractivity contribution >= 4 is 23.2 Å². The van der Waals surface area contributed by atoms with Gasteiger partial charge in [0.05, 0.1) is 38.4 Å². The quantitative estimate of drug-likeness (QED) is 0.730. The van der Waals surface area contributed by atoms with Crippen molar-refractivity contribution in [3.8, 4) is 11.5 Å². The third-order valence-electron chi connectivity index (χ3n) is 5.03. The Labute approximate surface area is 170 Å². The zero-order valence-electron chi connectivity index (χ0n) is 16.1. The predicted octanol–water partition coefficient (Wildman–Crippen LogP) is 1.29. The van der Waals surface area contributed by atoms with Crippen LogP contribution in [0, 0.1) is 0 Å². The van der Waals surface area contributed by atoms with Gasteiger partial charge in [-0.3, -0.25) is 4.79 Å². The molecule has 1 fully saturated rings. The monoisotopic (exact) mass is 404 g/mol. The third-order valence-corrected chi connectivity index (χ3v) is 5.28.